The highest BCUT2D eigenvalue weighted by molar-refractivity contribution is 5.75. The third-order valence-corrected chi connectivity index (χ3v) is 3.68. The van der Waals surface area contributed by atoms with Crippen molar-refractivity contribution in [3.8, 4) is 0 Å². The van der Waals surface area contributed by atoms with Crippen LogP contribution in [-0.2, 0) is 0 Å². The molecule has 2 rings (SSSR count). The van der Waals surface area contributed by atoms with Crippen molar-refractivity contribution < 1.29 is 4.79 Å². The van der Waals surface area contributed by atoms with Gasteiger partial charge >= 0.3 is 6.03 Å². The van der Waals surface area contributed by atoms with Gasteiger partial charge in [0.2, 0.25) is 0 Å². The van der Waals surface area contributed by atoms with Gasteiger partial charge in [-0.25, -0.2) is 4.79 Å². The van der Waals surface area contributed by atoms with Gasteiger partial charge in [0, 0.05) is 18.6 Å². The van der Waals surface area contributed by atoms with E-state index in [9.17, 15) is 4.79 Å². The number of nitrogens with one attached hydrogen (secondary N) is 1. The second kappa shape index (κ2) is 5.55. The van der Waals surface area contributed by atoms with Crippen molar-refractivity contribution in [2.45, 2.75) is 70.4 Å². The minimum atomic E-state index is 0.197. The summed E-state index contributed by atoms with van der Waals surface area (Å²) in [5, 5.41) is 3.20. The summed E-state index contributed by atoms with van der Waals surface area (Å²) < 4.78 is 0. The molecule has 2 saturated carbocycles. The molecule has 0 bridgehead atoms. The molecule has 0 aromatic heterocycles. The van der Waals surface area contributed by atoms with Gasteiger partial charge < -0.3 is 10.2 Å². The van der Waals surface area contributed by atoms with Crippen molar-refractivity contribution in [2.24, 2.45) is 0 Å². The molecule has 0 atom stereocenters. The second-order valence-electron chi connectivity index (χ2n) is 5.21. The molecule has 0 unspecified atom stereocenters. The normalized spacial score (nSPS) is 21.1. The van der Waals surface area contributed by atoms with Crippen LogP contribution >= 0.6 is 0 Å². The fourth-order valence-corrected chi connectivity index (χ4v) is 2.49. The van der Waals surface area contributed by atoms with Crippen LogP contribution in [0.2, 0.25) is 0 Å². The van der Waals surface area contributed by atoms with E-state index < -0.39 is 0 Å². The molecule has 2 aliphatic rings. The quantitative estimate of drug-likeness (QED) is 0.765. The second-order valence-corrected chi connectivity index (χ2v) is 5.21. The Morgan fingerprint density at radius 3 is 2.50 bits per heavy atom. The van der Waals surface area contributed by atoms with E-state index in [0.717, 1.165) is 13.0 Å². The van der Waals surface area contributed by atoms with Gasteiger partial charge in [-0.15, -0.1) is 0 Å². The zero-order valence-corrected chi connectivity index (χ0v) is 10.4. The SMILES string of the molecule is CCCCN(C(=O)NC1CCCC1)C1CC1. The summed E-state index contributed by atoms with van der Waals surface area (Å²) in [7, 11) is 0. The Balaban J connectivity index is 1.78. The number of unbranched alkanes of at least 4 members (excludes halogenated alkanes) is 1. The van der Waals surface area contributed by atoms with E-state index in [-0.39, 0.29) is 6.03 Å². The van der Waals surface area contributed by atoms with Crippen LogP contribution < -0.4 is 5.32 Å². The Hall–Kier alpha value is -0.730. The number of urea groups is 1. The number of nitrogens with zero attached hydrogens (tertiary/aromatic N) is 1. The van der Waals surface area contributed by atoms with E-state index in [2.05, 4.69) is 17.1 Å². The maximum absolute atomic E-state index is 12.1. The number of hydrogen-bond donors (Lipinski definition) is 1. The van der Waals surface area contributed by atoms with Gasteiger partial charge in [0.25, 0.3) is 0 Å². The average molecular weight is 224 g/mol. The molecule has 0 spiro atoms. The van der Waals surface area contributed by atoms with E-state index in [4.69, 9.17) is 0 Å². The third-order valence-electron chi connectivity index (χ3n) is 3.68. The monoisotopic (exact) mass is 224 g/mol. The molecule has 0 aromatic rings. The Bertz CT molecular complexity index is 232. The summed E-state index contributed by atoms with van der Waals surface area (Å²) in [6, 6.07) is 1.20. The van der Waals surface area contributed by atoms with Crippen molar-refractivity contribution in [3.05, 3.63) is 0 Å². The van der Waals surface area contributed by atoms with Crippen LogP contribution in [0.4, 0.5) is 4.79 Å². The van der Waals surface area contributed by atoms with Crippen molar-refractivity contribution in [1.82, 2.24) is 10.2 Å². The van der Waals surface area contributed by atoms with Gasteiger partial charge in [-0.1, -0.05) is 26.2 Å². The zero-order valence-electron chi connectivity index (χ0n) is 10.4. The van der Waals surface area contributed by atoms with Crippen LogP contribution in [0.15, 0.2) is 0 Å². The standard InChI is InChI=1S/C13H24N2O/c1-2-3-10-15(12-8-9-12)13(16)14-11-6-4-5-7-11/h11-12H,2-10H2,1H3,(H,14,16). The minimum Gasteiger partial charge on any atom is -0.335 e. The Morgan fingerprint density at radius 1 is 1.25 bits per heavy atom. The molecule has 92 valence electrons. The predicted molar refractivity (Wildman–Crippen MR) is 65.4 cm³/mol. The van der Waals surface area contributed by atoms with Crippen LogP contribution in [0.3, 0.4) is 0 Å². The van der Waals surface area contributed by atoms with Crippen molar-refractivity contribution in [2.75, 3.05) is 6.54 Å². The number of carbonyl (C=O) groups is 1. The molecule has 0 aliphatic heterocycles. The number of amides is 2. The lowest BCUT2D eigenvalue weighted by molar-refractivity contribution is 0.190. The molecule has 0 saturated heterocycles. The number of hydrogen-bond acceptors (Lipinski definition) is 1. The minimum absolute atomic E-state index is 0.197. The van der Waals surface area contributed by atoms with Crippen molar-refractivity contribution in [3.63, 3.8) is 0 Å². The first-order valence-corrected chi connectivity index (χ1v) is 6.88. The van der Waals surface area contributed by atoms with Crippen LogP contribution in [0, 0.1) is 0 Å². The molecule has 3 heteroatoms. The molecule has 0 radical (unpaired) electrons. The lowest BCUT2D eigenvalue weighted by Gasteiger charge is -2.24. The molecule has 3 nitrogen and oxygen atoms in total. The maximum Gasteiger partial charge on any atom is 0.317 e. The van der Waals surface area contributed by atoms with Crippen molar-refractivity contribution >= 4 is 6.03 Å². The first kappa shape index (κ1) is 11.7. The molecule has 0 heterocycles. The topological polar surface area (TPSA) is 32.3 Å². The molecule has 2 aliphatic carbocycles. The number of rotatable bonds is 5. The van der Waals surface area contributed by atoms with Crippen LogP contribution in [0.1, 0.15) is 58.3 Å². The molecule has 0 aromatic carbocycles. The number of carbonyl (C=O) groups excluding carboxylic acids is 1. The van der Waals surface area contributed by atoms with E-state index in [1.165, 1.54) is 44.9 Å². The predicted octanol–water partition coefficient (Wildman–Crippen LogP) is 2.90. The highest BCUT2D eigenvalue weighted by atomic mass is 16.2. The largest absolute Gasteiger partial charge is 0.335 e. The lowest BCUT2D eigenvalue weighted by atomic mass is 10.2. The molecule has 16 heavy (non-hydrogen) atoms. The molecule has 2 amide bonds. The zero-order chi connectivity index (χ0) is 11.4. The Kier molecular flexibility index (Phi) is 4.08. The fraction of sp³-hybridized carbons (Fsp3) is 0.923. The third kappa shape index (κ3) is 3.13. The highest BCUT2D eigenvalue weighted by Gasteiger charge is 2.33. The van der Waals surface area contributed by atoms with E-state index in [1.807, 2.05) is 0 Å². The summed E-state index contributed by atoms with van der Waals surface area (Å²) >= 11 is 0. The van der Waals surface area contributed by atoms with E-state index >= 15 is 0 Å². The summed E-state index contributed by atoms with van der Waals surface area (Å²) in [6.07, 6.45) is 9.64. The maximum atomic E-state index is 12.1. The summed E-state index contributed by atoms with van der Waals surface area (Å²) in [5.74, 6) is 0. The first-order valence-electron chi connectivity index (χ1n) is 6.88. The summed E-state index contributed by atoms with van der Waals surface area (Å²) in [5.41, 5.74) is 0. The molecule has 2 fully saturated rings. The Morgan fingerprint density at radius 2 is 1.94 bits per heavy atom. The van der Waals surface area contributed by atoms with Gasteiger partial charge in [-0.05, 0) is 32.1 Å². The first-order chi connectivity index (χ1) is 7.81. The molecular formula is C13H24N2O. The van der Waals surface area contributed by atoms with Crippen LogP contribution in [0.25, 0.3) is 0 Å². The average Bonchev–Trinajstić information content (AvgIpc) is 2.98. The van der Waals surface area contributed by atoms with Crippen LogP contribution in [0.5, 0.6) is 0 Å². The Labute approximate surface area is 98.6 Å². The van der Waals surface area contributed by atoms with Crippen LogP contribution in [-0.4, -0.2) is 29.6 Å². The highest BCUT2D eigenvalue weighted by Crippen LogP contribution is 2.27. The smallest absolute Gasteiger partial charge is 0.317 e. The molecular weight excluding hydrogens is 200 g/mol. The van der Waals surface area contributed by atoms with Gasteiger partial charge in [0.05, 0.1) is 0 Å². The van der Waals surface area contributed by atoms with Gasteiger partial charge in [0.15, 0.2) is 0 Å². The van der Waals surface area contributed by atoms with E-state index in [1.54, 1.807) is 0 Å². The summed E-state index contributed by atoms with van der Waals surface area (Å²) in [4.78, 5) is 14.2. The van der Waals surface area contributed by atoms with Crippen molar-refractivity contribution in [1.29, 1.82) is 0 Å². The fourth-order valence-electron chi connectivity index (χ4n) is 2.49. The van der Waals surface area contributed by atoms with E-state index in [0.29, 0.717) is 12.1 Å². The van der Waals surface area contributed by atoms with Gasteiger partial charge in [-0.2, -0.15) is 0 Å². The van der Waals surface area contributed by atoms with Gasteiger partial charge in [0.1, 0.15) is 0 Å². The molecule has 1 N–H and O–H groups in total. The lowest BCUT2D eigenvalue weighted by Crippen LogP contribution is -2.45. The van der Waals surface area contributed by atoms with Gasteiger partial charge in [-0.3, -0.25) is 0 Å². The summed E-state index contributed by atoms with van der Waals surface area (Å²) in [6.45, 7) is 3.12.